The summed E-state index contributed by atoms with van der Waals surface area (Å²) in [5.41, 5.74) is 0.607. The number of rotatable bonds is 6. The summed E-state index contributed by atoms with van der Waals surface area (Å²) in [4.78, 5) is 11.5. The molecule has 1 amide bonds. The van der Waals surface area contributed by atoms with Gasteiger partial charge < -0.3 is 9.84 Å². The summed E-state index contributed by atoms with van der Waals surface area (Å²) < 4.78 is 30.3. The summed E-state index contributed by atoms with van der Waals surface area (Å²) in [6.45, 7) is 0.000775. The van der Waals surface area contributed by atoms with Crippen molar-refractivity contribution in [2.45, 2.75) is 12.8 Å². The Balaban J connectivity index is 2.30. The maximum Gasteiger partial charge on any atom is 0.411 e. The average molecular weight is 425 g/mol. The Bertz CT molecular complexity index is 630. The zero-order valence-corrected chi connectivity index (χ0v) is 14.2. The minimum Gasteiger partial charge on any atom is -0.861 e. The number of carbonyl (C=O) groups excluding carboxylic acids is 1. The van der Waals surface area contributed by atoms with Gasteiger partial charge in [0.2, 0.25) is 10.0 Å². The van der Waals surface area contributed by atoms with Crippen LogP contribution in [-0.2, 0) is 14.8 Å². The SMILES string of the molecule is CS(=O)(=O)/N=C(/[O-])CCCOC(=O)Nc1cccc(I)c1. The van der Waals surface area contributed by atoms with Gasteiger partial charge in [0.1, 0.15) is 0 Å². The Morgan fingerprint density at radius 2 is 2.19 bits per heavy atom. The molecule has 0 aliphatic carbocycles. The van der Waals surface area contributed by atoms with E-state index < -0.39 is 22.0 Å². The van der Waals surface area contributed by atoms with E-state index >= 15 is 0 Å². The Morgan fingerprint density at radius 3 is 2.81 bits per heavy atom. The largest absolute Gasteiger partial charge is 0.861 e. The van der Waals surface area contributed by atoms with Crippen molar-refractivity contribution < 1.29 is 23.1 Å². The summed E-state index contributed by atoms with van der Waals surface area (Å²) in [6, 6.07) is 7.17. The number of halogens is 1. The van der Waals surface area contributed by atoms with Crippen molar-refractivity contribution in [1.82, 2.24) is 0 Å². The van der Waals surface area contributed by atoms with Gasteiger partial charge >= 0.3 is 6.09 Å². The monoisotopic (exact) mass is 425 g/mol. The van der Waals surface area contributed by atoms with Crippen LogP contribution < -0.4 is 10.4 Å². The fraction of sp³-hybridized carbons (Fsp3) is 0.333. The van der Waals surface area contributed by atoms with Crippen LogP contribution in [0.15, 0.2) is 28.7 Å². The minimum atomic E-state index is -3.67. The molecule has 1 rings (SSSR count). The van der Waals surface area contributed by atoms with Crippen LogP contribution >= 0.6 is 22.6 Å². The number of sulfonamides is 1. The first-order valence-electron chi connectivity index (χ1n) is 5.91. The van der Waals surface area contributed by atoms with E-state index in [2.05, 4.69) is 32.3 Å². The quantitative estimate of drug-likeness (QED) is 0.320. The maximum absolute atomic E-state index is 11.5. The average Bonchev–Trinajstić information content (AvgIpc) is 2.32. The third kappa shape index (κ3) is 8.50. The lowest BCUT2D eigenvalue weighted by Crippen LogP contribution is -2.20. The Hall–Kier alpha value is -1.36. The van der Waals surface area contributed by atoms with Crippen LogP contribution in [-0.4, -0.2) is 33.3 Å². The molecule has 0 unspecified atom stereocenters. The normalized spacial score (nSPS) is 12.0. The van der Waals surface area contributed by atoms with Crippen molar-refractivity contribution in [3.05, 3.63) is 27.8 Å². The molecule has 0 spiro atoms. The second kappa shape index (κ2) is 8.17. The van der Waals surface area contributed by atoms with Crippen LogP contribution in [0.25, 0.3) is 0 Å². The summed E-state index contributed by atoms with van der Waals surface area (Å²) >= 11 is 2.12. The summed E-state index contributed by atoms with van der Waals surface area (Å²) in [6.07, 6.45) is 0.321. The first-order valence-corrected chi connectivity index (χ1v) is 8.84. The fourth-order valence-corrected chi connectivity index (χ4v) is 2.34. The predicted octanol–water partition coefficient (Wildman–Crippen LogP) is 1.34. The van der Waals surface area contributed by atoms with Crippen molar-refractivity contribution in [2.24, 2.45) is 4.40 Å². The molecule has 1 aromatic rings. The van der Waals surface area contributed by atoms with Gasteiger partial charge in [-0.3, -0.25) is 5.32 Å². The lowest BCUT2D eigenvalue weighted by Gasteiger charge is -2.10. The highest BCUT2D eigenvalue weighted by Crippen LogP contribution is 2.12. The number of benzene rings is 1. The van der Waals surface area contributed by atoms with Gasteiger partial charge in [-0.1, -0.05) is 6.07 Å². The number of carbonyl (C=O) groups is 1. The molecule has 0 aliphatic heterocycles. The van der Waals surface area contributed by atoms with Crippen molar-refractivity contribution in [2.75, 3.05) is 18.2 Å². The molecule has 0 fully saturated rings. The highest BCUT2D eigenvalue weighted by molar-refractivity contribution is 14.1. The summed E-state index contributed by atoms with van der Waals surface area (Å²) in [5.74, 6) is -0.751. The van der Waals surface area contributed by atoms with Crippen molar-refractivity contribution in [3.63, 3.8) is 0 Å². The molecule has 1 N–H and O–H groups in total. The predicted molar refractivity (Wildman–Crippen MR) is 85.6 cm³/mol. The molecule has 0 atom stereocenters. The number of hydrogen-bond donors (Lipinski definition) is 1. The highest BCUT2D eigenvalue weighted by Gasteiger charge is 2.03. The Kier molecular flexibility index (Phi) is 6.89. The maximum atomic E-state index is 11.5. The standard InChI is InChI=1S/C12H15IN2O5S/c1-21(18,19)15-11(16)6-3-7-20-12(17)14-10-5-2-4-9(13)8-10/h2,4-5,8H,3,6-7H2,1H3,(H,14,17)(H,15,16)/p-1. The number of anilines is 1. The highest BCUT2D eigenvalue weighted by atomic mass is 127. The van der Waals surface area contributed by atoms with Gasteiger partial charge in [-0.15, -0.1) is 0 Å². The van der Waals surface area contributed by atoms with Gasteiger partial charge in [-0.25, -0.2) is 13.2 Å². The van der Waals surface area contributed by atoms with Crippen LogP contribution in [0, 0.1) is 3.57 Å². The van der Waals surface area contributed by atoms with Crippen molar-refractivity contribution in [1.29, 1.82) is 0 Å². The zero-order chi connectivity index (χ0) is 15.9. The van der Waals surface area contributed by atoms with E-state index in [4.69, 9.17) is 4.74 Å². The molecule has 0 saturated carbocycles. The molecule has 0 aliphatic rings. The number of hydrogen-bond acceptors (Lipinski definition) is 5. The number of nitrogens with one attached hydrogen (secondary N) is 1. The molecule has 7 nitrogen and oxygen atoms in total. The van der Waals surface area contributed by atoms with E-state index in [1.807, 2.05) is 6.07 Å². The van der Waals surface area contributed by atoms with Gasteiger partial charge in [0.25, 0.3) is 0 Å². The van der Waals surface area contributed by atoms with E-state index in [0.29, 0.717) is 5.69 Å². The molecule has 0 bridgehead atoms. The third-order valence-electron chi connectivity index (χ3n) is 2.11. The molecular weight excluding hydrogens is 411 g/mol. The first kappa shape index (κ1) is 17.7. The molecule has 0 aromatic heterocycles. The molecule has 9 heteroatoms. The van der Waals surface area contributed by atoms with E-state index in [0.717, 1.165) is 9.83 Å². The van der Waals surface area contributed by atoms with Crippen LogP contribution in [0.5, 0.6) is 0 Å². The van der Waals surface area contributed by atoms with Gasteiger partial charge in [0.05, 0.1) is 12.9 Å². The second-order valence-corrected chi connectivity index (χ2v) is 6.99. The van der Waals surface area contributed by atoms with Crippen LogP contribution in [0.3, 0.4) is 0 Å². The Labute approximate surface area is 136 Å². The molecular formula is C12H14IN2O5S-. The smallest absolute Gasteiger partial charge is 0.411 e. The number of ether oxygens (including phenoxy) is 1. The minimum absolute atomic E-state index is 0.000775. The van der Waals surface area contributed by atoms with Gasteiger partial charge in [0.15, 0.2) is 0 Å². The second-order valence-electron chi connectivity index (χ2n) is 4.09. The number of amides is 1. The lowest BCUT2D eigenvalue weighted by atomic mass is 10.3. The number of nitrogens with zero attached hydrogens (tertiary/aromatic N) is 1. The van der Waals surface area contributed by atoms with E-state index in [1.54, 1.807) is 18.2 Å². The van der Waals surface area contributed by atoms with Crippen LogP contribution in [0.4, 0.5) is 10.5 Å². The van der Waals surface area contributed by atoms with E-state index in [9.17, 15) is 18.3 Å². The molecule has 1 aromatic carbocycles. The van der Waals surface area contributed by atoms with Crippen LogP contribution in [0.2, 0.25) is 0 Å². The summed E-state index contributed by atoms with van der Waals surface area (Å²) in [7, 11) is -3.67. The third-order valence-corrected chi connectivity index (χ3v) is 3.31. The summed E-state index contributed by atoms with van der Waals surface area (Å²) in [5, 5.41) is 13.7. The van der Waals surface area contributed by atoms with Crippen molar-refractivity contribution in [3.8, 4) is 0 Å². The van der Waals surface area contributed by atoms with Crippen LogP contribution in [0.1, 0.15) is 12.8 Å². The zero-order valence-electron chi connectivity index (χ0n) is 11.2. The first-order chi connectivity index (χ1) is 9.76. The Morgan fingerprint density at radius 1 is 1.48 bits per heavy atom. The molecule has 116 valence electrons. The molecule has 0 radical (unpaired) electrons. The van der Waals surface area contributed by atoms with Crippen molar-refractivity contribution >= 4 is 50.3 Å². The van der Waals surface area contributed by atoms with E-state index in [-0.39, 0.29) is 19.4 Å². The fourth-order valence-electron chi connectivity index (χ4n) is 1.34. The topological polar surface area (TPSA) is 108 Å². The molecule has 0 saturated heterocycles. The van der Waals surface area contributed by atoms with Gasteiger partial charge in [-0.2, -0.15) is 4.40 Å². The van der Waals surface area contributed by atoms with Gasteiger partial charge in [0, 0.05) is 9.26 Å². The molecule has 21 heavy (non-hydrogen) atoms. The van der Waals surface area contributed by atoms with E-state index in [1.165, 1.54) is 0 Å². The van der Waals surface area contributed by atoms with Gasteiger partial charge in [-0.05, 0) is 59.5 Å². The molecule has 0 heterocycles. The lowest BCUT2D eigenvalue weighted by molar-refractivity contribution is -0.218.